The second-order valence-electron chi connectivity index (χ2n) is 22.1. The number of aliphatic hydroxyl groups is 2. The summed E-state index contributed by atoms with van der Waals surface area (Å²) >= 11 is 0. The van der Waals surface area contributed by atoms with E-state index in [2.05, 4.69) is 43.5 Å². The summed E-state index contributed by atoms with van der Waals surface area (Å²) in [5.74, 6) is -0.0421. The molecule has 420 valence electrons. The third-order valence-electron chi connectivity index (χ3n) is 15.0. The first-order chi connectivity index (χ1) is 35.0. The molecule has 0 aromatic carbocycles. The van der Waals surface area contributed by atoms with Crippen molar-refractivity contribution in [3.63, 3.8) is 0 Å². The lowest BCUT2D eigenvalue weighted by Gasteiger charge is -2.22. The number of aliphatic hydroxyl groups excluding tert-OH is 2. The number of hydrogen-bond acceptors (Lipinski definition) is 5. The van der Waals surface area contributed by atoms with Crippen molar-refractivity contribution in [1.29, 1.82) is 0 Å². The number of rotatable bonds is 60. The zero-order valence-corrected chi connectivity index (χ0v) is 48.0. The van der Waals surface area contributed by atoms with Crippen LogP contribution in [0.15, 0.2) is 24.3 Å². The lowest BCUT2D eigenvalue weighted by molar-refractivity contribution is -0.143. The number of nitrogens with one attached hydrogen (secondary N) is 1. The van der Waals surface area contributed by atoms with Gasteiger partial charge >= 0.3 is 5.97 Å². The fourth-order valence-corrected chi connectivity index (χ4v) is 10.1. The number of carbonyl (C=O) groups is 2. The van der Waals surface area contributed by atoms with Gasteiger partial charge in [-0.1, -0.05) is 314 Å². The fraction of sp³-hybridized carbons (Fsp3) is 0.908. The largest absolute Gasteiger partial charge is 0.466 e. The Morgan fingerprint density at radius 1 is 0.394 bits per heavy atom. The molecule has 0 radical (unpaired) electrons. The van der Waals surface area contributed by atoms with Gasteiger partial charge in [0.2, 0.25) is 5.91 Å². The molecule has 6 heteroatoms. The third-order valence-corrected chi connectivity index (χ3v) is 15.0. The highest BCUT2D eigenvalue weighted by Gasteiger charge is 2.20. The Kier molecular flexibility index (Phi) is 59.5. The molecule has 0 aliphatic heterocycles. The van der Waals surface area contributed by atoms with Crippen LogP contribution in [0.25, 0.3) is 0 Å². The van der Waals surface area contributed by atoms with Crippen LogP contribution in [-0.4, -0.2) is 47.4 Å². The number of unbranched alkanes of at least 4 members (excludes halogenated alkanes) is 45. The van der Waals surface area contributed by atoms with Gasteiger partial charge in [0.15, 0.2) is 0 Å². The first kappa shape index (κ1) is 69.3. The average Bonchev–Trinajstić information content (AvgIpc) is 3.37. The molecule has 2 unspecified atom stereocenters. The summed E-state index contributed by atoms with van der Waals surface area (Å²) in [6.07, 6.45) is 74.7. The van der Waals surface area contributed by atoms with Crippen molar-refractivity contribution in [2.75, 3.05) is 13.2 Å². The zero-order chi connectivity index (χ0) is 51.4. The molecule has 0 saturated heterocycles. The first-order valence-electron chi connectivity index (χ1n) is 32.1. The van der Waals surface area contributed by atoms with E-state index in [9.17, 15) is 19.8 Å². The number of esters is 1. The molecule has 0 heterocycles. The van der Waals surface area contributed by atoms with E-state index in [1.165, 1.54) is 270 Å². The van der Waals surface area contributed by atoms with E-state index in [-0.39, 0.29) is 18.5 Å². The number of carbonyl (C=O) groups excluding carboxylic acids is 2. The normalized spacial score (nSPS) is 12.7. The predicted molar refractivity (Wildman–Crippen MR) is 310 cm³/mol. The Labute approximate surface area is 443 Å². The van der Waals surface area contributed by atoms with Gasteiger partial charge in [-0.3, -0.25) is 9.59 Å². The van der Waals surface area contributed by atoms with Gasteiger partial charge in [0.1, 0.15) is 0 Å². The van der Waals surface area contributed by atoms with Crippen molar-refractivity contribution >= 4 is 11.9 Å². The number of hydrogen-bond donors (Lipinski definition) is 3. The average molecular weight is 1000 g/mol. The molecule has 6 nitrogen and oxygen atoms in total. The number of allylic oxidation sites excluding steroid dienone is 4. The van der Waals surface area contributed by atoms with Gasteiger partial charge in [0.05, 0.1) is 25.4 Å². The van der Waals surface area contributed by atoms with Gasteiger partial charge < -0.3 is 20.3 Å². The van der Waals surface area contributed by atoms with Crippen molar-refractivity contribution in [2.45, 2.75) is 366 Å². The molecule has 0 fully saturated rings. The van der Waals surface area contributed by atoms with Gasteiger partial charge in [-0.25, -0.2) is 0 Å². The Bertz CT molecular complexity index is 1110. The van der Waals surface area contributed by atoms with Crippen molar-refractivity contribution in [1.82, 2.24) is 5.32 Å². The van der Waals surface area contributed by atoms with Crippen LogP contribution in [0.1, 0.15) is 354 Å². The predicted octanol–water partition coefficient (Wildman–Crippen LogP) is 20.2. The van der Waals surface area contributed by atoms with Crippen LogP contribution >= 0.6 is 0 Å². The number of amides is 1. The summed E-state index contributed by atoms with van der Waals surface area (Å²) in [6, 6.07) is -0.546. The molecule has 0 spiro atoms. The lowest BCUT2D eigenvalue weighted by atomic mass is 10.0. The second-order valence-corrected chi connectivity index (χ2v) is 22.1. The molecule has 0 rings (SSSR count). The van der Waals surface area contributed by atoms with E-state index < -0.39 is 12.1 Å². The highest BCUT2D eigenvalue weighted by atomic mass is 16.5. The molecule has 1 amide bonds. The summed E-state index contributed by atoms with van der Waals surface area (Å²) in [5, 5.41) is 23.4. The Hall–Kier alpha value is -1.66. The van der Waals surface area contributed by atoms with Crippen molar-refractivity contribution in [3.8, 4) is 0 Å². The summed E-state index contributed by atoms with van der Waals surface area (Å²) in [6.45, 7) is 4.93. The van der Waals surface area contributed by atoms with E-state index in [1.54, 1.807) is 0 Å². The minimum Gasteiger partial charge on any atom is -0.466 e. The Morgan fingerprint density at radius 3 is 1.11 bits per heavy atom. The van der Waals surface area contributed by atoms with Crippen LogP contribution < -0.4 is 5.32 Å². The highest BCUT2D eigenvalue weighted by molar-refractivity contribution is 5.76. The maximum atomic E-state index is 12.5. The van der Waals surface area contributed by atoms with E-state index in [1.807, 2.05) is 0 Å². The van der Waals surface area contributed by atoms with E-state index in [0.29, 0.717) is 25.9 Å². The maximum Gasteiger partial charge on any atom is 0.305 e. The molecule has 0 aliphatic carbocycles. The molecule has 0 aliphatic rings. The van der Waals surface area contributed by atoms with E-state index in [4.69, 9.17) is 4.74 Å². The molecule has 0 bridgehead atoms. The van der Waals surface area contributed by atoms with Gasteiger partial charge in [-0.05, 0) is 51.4 Å². The van der Waals surface area contributed by atoms with Crippen molar-refractivity contribution < 1.29 is 24.5 Å². The molecule has 2 atom stereocenters. The molecule has 71 heavy (non-hydrogen) atoms. The maximum absolute atomic E-state index is 12.5. The SMILES string of the molecule is CCCC/C=C\C/C=C\CCCCCCCC(=O)OCCCCCCCCCCCCCCCCCCCCC(=O)NC(CO)C(O)CCCCCCCCCCCCCCCCCCCCCCCC. The van der Waals surface area contributed by atoms with Crippen LogP contribution in [0.3, 0.4) is 0 Å². The van der Waals surface area contributed by atoms with E-state index in [0.717, 1.165) is 51.4 Å². The van der Waals surface area contributed by atoms with Crippen molar-refractivity contribution in [3.05, 3.63) is 24.3 Å². The van der Waals surface area contributed by atoms with Crippen LogP contribution in [0, 0.1) is 0 Å². The smallest absolute Gasteiger partial charge is 0.305 e. The van der Waals surface area contributed by atoms with Gasteiger partial charge in [0.25, 0.3) is 0 Å². The fourth-order valence-electron chi connectivity index (χ4n) is 10.1. The standard InChI is InChI=1S/C65H125NO5/c1-3-5-7-9-11-13-15-17-19-20-21-22-23-24-27-30-33-37-41-45-49-53-57-63(68)62(61-67)66-64(69)58-54-50-46-42-38-34-31-28-25-26-29-32-36-40-44-48-52-56-60-71-65(70)59-55-51-47-43-39-35-18-16-14-12-10-8-6-4-2/h10,12,16,18,62-63,67-68H,3-9,11,13-15,17,19-61H2,1-2H3,(H,66,69)/b12-10-,18-16-. The quantitative estimate of drug-likeness (QED) is 0.0320. The van der Waals surface area contributed by atoms with Gasteiger partial charge in [0, 0.05) is 12.8 Å². The Morgan fingerprint density at radius 2 is 0.718 bits per heavy atom. The third kappa shape index (κ3) is 57.5. The van der Waals surface area contributed by atoms with Crippen LogP contribution in [0.2, 0.25) is 0 Å². The van der Waals surface area contributed by atoms with Crippen LogP contribution in [0.4, 0.5) is 0 Å². The van der Waals surface area contributed by atoms with E-state index >= 15 is 0 Å². The topological polar surface area (TPSA) is 95.9 Å². The number of ether oxygens (including phenoxy) is 1. The zero-order valence-electron chi connectivity index (χ0n) is 48.0. The highest BCUT2D eigenvalue weighted by Crippen LogP contribution is 2.18. The Balaban J connectivity index is 3.41. The van der Waals surface area contributed by atoms with Gasteiger partial charge in [-0.15, -0.1) is 0 Å². The second kappa shape index (κ2) is 60.9. The first-order valence-corrected chi connectivity index (χ1v) is 32.1. The van der Waals surface area contributed by atoms with Crippen molar-refractivity contribution in [2.24, 2.45) is 0 Å². The molecule has 0 aromatic heterocycles. The molecule has 0 saturated carbocycles. The lowest BCUT2D eigenvalue weighted by Crippen LogP contribution is -2.45. The molecule has 0 aromatic rings. The van der Waals surface area contributed by atoms with Gasteiger partial charge in [-0.2, -0.15) is 0 Å². The summed E-state index contributed by atoms with van der Waals surface area (Å²) in [7, 11) is 0. The van der Waals surface area contributed by atoms with Crippen LogP contribution in [-0.2, 0) is 14.3 Å². The monoisotopic (exact) mass is 1000 g/mol. The summed E-state index contributed by atoms with van der Waals surface area (Å²) in [5.41, 5.74) is 0. The molecular weight excluding hydrogens is 875 g/mol. The summed E-state index contributed by atoms with van der Waals surface area (Å²) < 4.78 is 5.47. The molecular formula is C65H125NO5. The minimum absolute atomic E-state index is 0.00648. The molecule has 3 N–H and O–H groups in total. The van der Waals surface area contributed by atoms with Crippen LogP contribution in [0.5, 0.6) is 0 Å². The minimum atomic E-state index is -0.668. The summed E-state index contributed by atoms with van der Waals surface area (Å²) in [4.78, 5) is 24.6.